The zero-order valence-electron chi connectivity index (χ0n) is 38.0. The molecule has 0 atom stereocenters. The van der Waals surface area contributed by atoms with Crippen molar-refractivity contribution in [1.29, 1.82) is 0 Å². The molecule has 2 aromatic heterocycles. The molecule has 342 valence electrons. The van der Waals surface area contributed by atoms with Crippen molar-refractivity contribution in [2.45, 2.75) is 214 Å². The number of aromatic nitrogens is 6. The minimum absolute atomic E-state index is 0.235. The summed E-state index contributed by atoms with van der Waals surface area (Å²) < 4.78 is 0. The molecule has 2 aliphatic heterocycles. The maximum Gasteiger partial charge on any atom is 0.229 e. The van der Waals surface area contributed by atoms with E-state index in [1.807, 2.05) is 12.2 Å². The van der Waals surface area contributed by atoms with Gasteiger partial charge >= 0.3 is 0 Å². The minimum Gasteiger partial charge on any atom is -0.354 e. The Bertz CT molecular complexity index is 1550. The molecule has 2 aromatic rings. The summed E-state index contributed by atoms with van der Waals surface area (Å²) in [6.07, 6.45) is 38.8. The highest BCUT2D eigenvalue weighted by atomic mass is 15.3. The second-order valence-corrected chi connectivity index (χ2v) is 20.3. The van der Waals surface area contributed by atoms with Gasteiger partial charge in [-0.25, -0.2) is 0 Å². The molecule has 0 unspecified atom stereocenters. The Balaban J connectivity index is 0.822. The average molecular weight is 853 g/mol. The fraction of sp³-hybridized carbons (Fsp3) is 0.792. The van der Waals surface area contributed by atoms with Gasteiger partial charge in [-0.05, 0) is 89.9 Å². The molecular formula is C48H80N14. The molecule has 14 nitrogen and oxygen atoms in total. The first-order chi connectivity index (χ1) is 30.4. The molecule has 4 heterocycles. The van der Waals surface area contributed by atoms with Gasteiger partial charge in [0.05, 0.1) is 0 Å². The number of unbranched alkanes of at least 4 members (excludes halogenated alkanes) is 3. The van der Waals surface area contributed by atoms with Crippen molar-refractivity contribution in [3.8, 4) is 0 Å². The zero-order valence-corrected chi connectivity index (χ0v) is 38.0. The van der Waals surface area contributed by atoms with Crippen molar-refractivity contribution in [2.75, 3.05) is 58.1 Å². The highest BCUT2D eigenvalue weighted by Gasteiger charge is 2.49. The number of nitrogens with zero attached hydrogens (tertiary/aromatic N) is 6. The summed E-state index contributed by atoms with van der Waals surface area (Å²) in [6.45, 7) is 10.6. The van der Waals surface area contributed by atoms with Crippen LogP contribution in [-0.4, -0.2) is 90.3 Å². The Morgan fingerprint density at radius 3 is 1.00 bits per heavy atom. The van der Waals surface area contributed by atoms with Crippen molar-refractivity contribution in [1.82, 2.24) is 40.5 Å². The Kier molecular flexibility index (Phi) is 15.4. The molecule has 14 heteroatoms. The van der Waals surface area contributed by atoms with Crippen molar-refractivity contribution in [3.05, 3.63) is 25.3 Å². The quantitative estimate of drug-likeness (QED) is 0.0496. The van der Waals surface area contributed by atoms with E-state index < -0.39 is 0 Å². The van der Waals surface area contributed by atoms with E-state index in [1.54, 1.807) is 0 Å². The van der Waals surface area contributed by atoms with Crippen LogP contribution in [0.5, 0.6) is 0 Å². The molecule has 0 amide bonds. The Morgan fingerprint density at radius 2 is 0.694 bits per heavy atom. The van der Waals surface area contributed by atoms with Gasteiger partial charge in [0.2, 0.25) is 35.7 Å². The van der Waals surface area contributed by atoms with E-state index in [9.17, 15) is 0 Å². The van der Waals surface area contributed by atoms with Crippen molar-refractivity contribution >= 4 is 35.7 Å². The molecule has 62 heavy (non-hydrogen) atoms. The fourth-order valence-corrected chi connectivity index (χ4v) is 12.7. The molecule has 0 bridgehead atoms. The van der Waals surface area contributed by atoms with Crippen LogP contribution in [0.2, 0.25) is 0 Å². The molecule has 6 fully saturated rings. The van der Waals surface area contributed by atoms with Gasteiger partial charge in [-0.3, -0.25) is 0 Å². The lowest BCUT2D eigenvalue weighted by Crippen LogP contribution is -2.66. The second kappa shape index (κ2) is 21.3. The van der Waals surface area contributed by atoms with Gasteiger partial charge in [-0.2, -0.15) is 29.9 Å². The van der Waals surface area contributed by atoms with Gasteiger partial charge in [-0.1, -0.05) is 102 Å². The van der Waals surface area contributed by atoms with Crippen LogP contribution in [0.15, 0.2) is 25.3 Å². The Labute approximate surface area is 372 Å². The molecule has 6 aliphatic rings. The first-order valence-corrected chi connectivity index (χ1v) is 25.2. The summed E-state index contributed by atoms with van der Waals surface area (Å²) in [5.41, 5.74) is 0.942. The minimum atomic E-state index is 0.235. The standard InChI is InChI=1S/C48H80N14/c1-3-29-49-39-55-41(59-43(57-39)53-37-33-45(21-11-7-12-22-45)61-46(34-37)23-13-8-14-24-46)51-31-19-5-6-20-32-52-42-56-40(50-30-4-2)58-44(60-42)54-38-35-47(25-15-9-16-26-47)62-48(36-38)27-17-10-18-28-48/h3-4,37-38,61-62H,1-2,5-36H2,(H3,49,51,53,55,57,59)(H3,50,52,54,56,58,60). The lowest BCUT2D eigenvalue weighted by atomic mass is 9.66. The summed E-state index contributed by atoms with van der Waals surface area (Å²) in [4.78, 5) is 29.0. The van der Waals surface area contributed by atoms with E-state index in [-0.39, 0.29) is 22.2 Å². The number of rotatable bonds is 19. The van der Waals surface area contributed by atoms with Crippen LogP contribution in [0.25, 0.3) is 0 Å². The average Bonchev–Trinajstić information content (AvgIpc) is 3.26. The molecule has 8 rings (SSSR count). The molecule has 4 aliphatic carbocycles. The van der Waals surface area contributed by atoms with E-state index >= 15 is 0 Å². The Morgan fingerprint density at radius 1 is 0.403 bits per heavy atom. The zero-order chi connectivity index (χ0) is 42.6. The van der Waals surface area contributed by atoms with Crippen LogP contribution >= 0.6 is 0 Å². The van der Waals surface area contributed by atoms with Gasteiger partial charge in [0.25, 0.3) is 0 Å². The summed E-state index contributed by atoms with van der Waals surface area (Å²) in [5, 5.41) is 30.0. The van der Waals surface area contributed by atoms with E-state index in [1.165, 1.54) is 128 Å². The molecule has 0 aromatic carbocycles. The smallest absolute Gasteiger partial charge is 0.229 e. The predicted molar refractivity (Wildman–Crippen MR) is 255 cm³/mol. The topological polar surface area (TPSA) is 174 Å². The predicted octanol–water partition coefficient (Wildman–Crippen LogP) is 9.48. The Hall–Kier alpha value is -3.78. The monoisotopic (exact) mass is 853 g/mol. The number of nitrogens with one attached hydrogen (secondary N) is 8. The summed E-state index contributed by atoms with van der Waals surface area (Å²) in [7, 11) is 0. The summed E-state index contributed by atoms with van der Waals surface area (Å²) >= 11 is 0. The van der Waals surface area contributed by atoms with Gasteiger partial charge in [0.15, 0.2) is 0 Å². The van der Waals surface area contributed by atoms with Crippen LogP contribution < -0.4 is 42.5 Å². The number of piperidine rings is 2. The van der Waals surface area contributed by atoms with Gasteiger partial charge in [-0.15, -0.1) is 13.2 Å². The van der Waals surface area contributed by atoms with E-state index in [0.717, 1.165) is 64.5 Å². The first kappa shape index (κ1) is 44.8. The van der Waals surface area contributed by atoms with Gasteiger partial charge < -0.3 is 42.5 Å². The second-order valence-electron chi connectivity index (χ2n) is 20.3. The first-order valence-electron chi connectivity index (χ1n) is 25.2. The van der Waals surface area contributed by atoms with Crippen molar-refractivity contribution < 1.29 is 0 Å². The third-order valence-corrected chi connectivity index (χ3v) is 15.3. The largest absolute Gasteiger partial charge is 0.354 e. The lowest BCUT2D eigenvalue weighted by Gasteiger charge is -2.55. The number of hydrogen-bond acceptors (Lipinski definition) is 14. The van der Waals surface area contributed by atoms with Crippen LogP contribution in [0.1, 0.15) is 180 Å². The number of hydrogen-bond donors (Lipinski definition) is 8. The lowest BCUT2D eigenvalue weighted by molar-refractivity contribution is 0.0592. The molecular weight excluding hydrogens is 773 g/mol. The third kappa shape index (κ3) is 12.1. The maximum absolute atomic E-state index is 4.92. The van der Waals surface area contributed by atoms with Crippen LogP contribution in [0, 0.1) is 0 Å². The van der Waals surface area contributed by atoms with Crippen molar-refractivity contribution in [3.63, 3.8) is 0 Å². The van der Waals surface area contributed by atoms with Crippen molar-refractivity contribution in [2.24, 2.45) is 0 Å². The summed E-state index contributed by atoms with van der Waals surface area (Å²) in [6, 6.07) is 0.687. The van der Waals surface area contributed by atoms with Gasteiger partial charge in [0.1, 0.15) is 0 Å². The normalized spacial score (nSPS) is 24.9. The molecule has 2 saturated heterocycles. The van der Waals surface area contributed by atoms with E-state index in [2.05, 4.69) is 55.7 Å². The fourth-order valence-electron chi connectivity index (χ4n) is 12.7. The number of anilines is 6. The van der Waals surface area contributed by atoms with Crippen LogP contribution in [0.4, 0.5) is 35.7 Å². The third-order valence-electron chi connectivity index (χ3n) is 15.3. The van der Waals surface area contributed by atoms with Gasteiger partial charge in [0, 0.05) is 60.4 Å². The van der Waals surface area contributed by atoms with E-state index in [0.29, 0.717) is 60.9 Å². The van der Waals surface area contributed by atoms with Crippen LogP contribution in [-0.2, 0) is 0 Å². The molecule has 4 spiro atoms. The molecule has 0 radical (unpaired) electrons. The van der Waals surface area contributed by atoms with Crippen LogP contribution in [0.3, 0.4) is 0 Å². The molecule has 4 saturated carbocycles. The summed E-state index contributed by atoms with van der Waals surface area (Å²) in [5.74, 6) is 3.75. The SMILES string of the molecule is C=CCNc1nc(NCCCCCCNc2nc(NCC=C)nc(NC3CC4(CCCCC4)NC4(CCCCC4)C3)n2)nc(NC2CC3(CCCCC3)NC3(CCCCC3)C2)n1. The highest BCUT2D eigenvalue weighted by Crippen LogP contribution is 2.46. The molecule has 8 N–H and O–H groups in total. The highest BCUT2D eigenvalue weighted by molar-refractivity contribution is 5.44. The maximum atomic E-state index is 4.92. The van der Waals surface area contributed by atoms with E-state index in [4.69, 9.17) is 29.9 Å².